The van der Waals surface area contributed by atoms with Gasteiger partial charge in [-0.05, 0) is 13.0 Å². The van der Waals surface area contributed by atoms with Crippen LogP contribution >= 0.6 is 10.7 Å². The largest absolute Gasteiger partial charge is 0.346 e. The molecule has 11 heteroatoms. The number of nitrogens with one attached hydrogen (secondary N) is 1. The van der Waals surface area contributed by atoms with Crippen molar-refractivity contribution in [1.82, 2.24) is 5.32 Å². The molecule has 116 valence electrons. The van der Waals surface area contributed by atoms with Gasteiger partial charge in [0.2, 0.25) is 0 Å². The van der Waals surface area contributed by atoms with E-state index in [2.05, 4.69) is 0 Å². The van der Waals surface area contributed by atoms with E-state index in [1.54, 1.807) is 0 Å². The monoisotopic (exact) mass is 342 g/mol. The standard InChI is InChI=1S/C10H9ClF2N2O5S/c1-5-7(10(16)14-4-9(12)13)2-6(21(11,19)20)3-8(5)15(17)18/h2-3,9H,4H2,1H3,(H,14,16). The minimum absolute atomic E-state index is 0.157. The summed E-state index contributed by atoms with van der Waals surface area (Å²) >= 11 is 0. The van der Waals surface area contributed by atoms with E-state index < -0.39 is 49.0 Å². The molecular formula is C10H9ClF2N2O5S. The number of carbonyl (C=O) groups is 1. The molecule has 0 spiro atoms. The Balaban J connectivity index is 3.40. The van der Waals surface area contributed by atoms with Crippen LogP contribution in [0, 0.1) is 17.0 Å². The predicted octanol–water partition coefficient (Wildman–Crippen LogP) is 1.83. The fourth-order valence-corrected chi connectivity index (χ4v) is 2.28. The van der Waals surface area contributed by atoms with Crippen LogP contribution in [0.5, 0.6) is 0 Å². The number of nitro benzene ring substituents is 1. The first-order valence-corrected chi connectivity index (χ1v) is 7.65. The number of nitrogens with zero attached hydrogens (tertiary/aromatic N) is 1. The summed E-state index contributed by atoms with van der Waals surface area (Å²) in [6.45, 7) is 0.226. The Kier molecular flexibility index (Phi) is 5.18. The zero-order valence-electron chi connectivity index (χ0n) is 10.5. The molecule has 0 aliphatic rings. The number of amides is 1. The molecule has 0 aliphatic carbocycles. The van der Waals surface area contributed by atoms with Crippen molar-refractivity contribution in [2.24, 2.45) is 0 Å². The van der Waals surface area contributed by atoms with Crippen molar-refractivity contribution >= 4 is 31.3 Å². The first-order chi connectivity index (χ1) is 9.54. The molecule has 0 radical (unpaired) electrons. The lowest BCUT2D eigenvalue weighted by Gasteiger charge is -2.09. The highest BCUT2D eigenvalue weighted by molar-refractivity contribution is 8.13. The van der Waals surface area contributed by atoms with Crippen LogP contribution in [0.2, 0.25) is 0 Å². The van der Waals surface area contributed by atoms with Crippen molar-refractivity contribution in [2.45, 2.75) is 18.2 Å². The van der Waals surface area contributed by atoms with Gasteiger partial charge in [-0.2, -0.15) is 0 Å². The molecule has 0 bridgehead atoms. The van der Waals surface area contributed by atoms with Gasteiger partial charge in [0.15, 0.2) is 0 Å². The van der Waals surface area contributed by atoms with E-state index in [1.165, 1.54) is 6.92 Å². The molecule has 7 nitrogen and oxygen atoms in total. The molecule has 1 N–H and O–H groups in total. The molecule has 1 aromatic rings. The Labute approximate surface area is 122 Å². The smallest absolute Gasteiger partial charge is 0.274 e. The van der Waals surface area contributed by atoms with Crippen LogP contribution in [0.4, 0.5) is 14.5 Å². The summed E-state index contributed by atoms with van der Waals surface area (Å²) in [5.41, 5.74) is -1.22. The molecule has 21 heavy (non-hydrogen) atoms. The van der Waals surface area contributed by atoms with Crippen molar-refractivity contribution in [2.75, 3.05) is 6.54 Å². The number of halogens is 3. The van der Waals surface area contributed by atoms with Gasteiger partial charge in [0.05, 0.1) is 21.9 Å². The summed E-state index contributed by atoms with van der Waals surface area (Å²) in [5.74, 6) is -1.06. The SMILES string of the molecule is Cc1c(C(=O)NCC(F)F)cc(S(=O)(=O)Cl)cc1[N+](=O)[O-]. The van der Waals surface area contributed by atoms with Crippen LogP contribution in [0.15, 0.2) is 17.0 Å². The summed E-state index contributed by atoms with van der Waals surface area (Å²) in [6.07, 6.45) is -2.82. The quantitative estimate of drug-likeness (QED) is 0.499. The summed E-state index contributed by atoms with van der Waals surface area (Å²) in [4.78, 5) is 21.0. The maximum Gasteiger partial charge on any atom is 0.274 e. The van der Waals surface area contributed by atoms with Crippen molar-refractivity contribution in [1.29, 1.82) is 0 Å². The average molecular weight is 343 g/mol. The van der Waals surface area contributed by atoms with Gasteiger partial charge in [-0.15, -0.1) is 0 Å². The first kappa shape index (κ1) is 17.2. The number of alkyl halides is 2. The number of benzene rings is 1. The third-order valence-corrected chi connectivity index (χ3v) is 3.83. The van der Waals surface area contributed by atoms with Crippen LogP contribution in [0.3, 0.4) is 0 Å². The van der Waals surface area contributed by atoms with Gasteiger partial charge >= 0.3 is 0 Å². The first-order valence-electron chi connectivity index (χ1n) is 5.34. The Morgan fingerprint density at radius 3 is 2.48 bits per heavy atom. The highest BCUT2D eigenvalue weighted by atomic mass is 35.7. The second-order valence-electron chi connectivity index (χ2n) is 3.91. The molecule has 0 aliphatic heterocycles. The van der Waals surface area contributed by atoms with E-state index in [4.69, 9.17) is 10.7 Å². The minimum Gasteiger partial charge on any atom is -0.346 e. The highest BCUT2D eigenvalue weighted by Gasteiger charge is 2.24. The number of hydrogen-bond donors (Lipinski definition) is 1. The van der Waals surface area contributed by atoms with Crippen LogP contribution in [0.25, 0.3) is 0 Å². The molecule has 0 aromatic heterocycles. The molecule has 0 heterocycles. The molecule has 1 aromatic carbocycles. The summed E-state index contributed by atoms with van der Waals surface area (Å²) < 4.78 is 46.6. The summed E-state index contributed by atoms with van der Waals surface area (Å²) in [6, 6.07) is 1.49. The molecule has 0 atom stereocenters. The fourth-order valence-electron chi connectivity index (χ4n) is 1.50. The molecule has 0 unspecified atom stereocenters. The average Bonchev–Trinajstić information content (AvgIpc) is 2.34. The number of nitro groups is 1. The van der Waals surface area contributed by atoms with Crippen LogP contribution in [-0.2, 0) is 9.05 Å². The Morgan fingerprint density at radius 2 is 2.05 bits per heavy atom. The van der Waals surface area contributed by atoms with Crippen LogP contribution in [0.1, 0.15) is 15.9 Å². The number of rotatable bonds is 5. The summed E-state index contributed by atoms with van der Waals surface area (Å²) in [5, 5.41) is 12.7. The Bertz CT molecular complexity index is 693. The molecule has 1 rings (SSSR count). The molecular weight excluding hydrogens is 334 g/mol. The molecule has 0 saturated heterocycles. The summed E-state index contributed by atoms with van der Waals surface area (Å²) in [7, 11) is 0.766. The highest BCUT2D eigenvalue weighted by Crippen LogP contribution is 2.28. The maximum atomic E-state index is 12.0. The molecule has 1 amide bonds. The lowest BCUT2D eigenvalue weighted by Crippen LogP contribution is -2.29. The van der Waals surface area contributed by atoms with Gasteiger partial charge < -0.3 is 5.32 Å². The van der Waals surface area contributed by atoms with E-state index in [9.17, 15) is 32.1 Å². The fraction of sp³-hybridized carbons (Fsp3) is 0.300. The van der Waals surface area contributed by atoms with E-state index >= 15 is 0 Å². The third-order valence-electron chi connectivity index (χ3n) is 2.49. The third kappa shape index (κ3) is 4.33. The second kappa shape index (κ2) is 6.31. The Morgan fingerprint density at radius 1 is 1.48 bits per heavy atom. The zero-order valence-corrected chi connectivity index (χ0v) is 12.0. The molecule has 0 saturated carbocycles. The number of carbonyl (C=O) groups excluding carboxylic acids is 1. The van der Waals surface area contributed by atoms with Crippen molar-refractivity contribution < 1.29 is 26.9 Å². The van der Waals surface area contributed by atoms with Gasteiger partial charge in [-0.1, -0.05) is 0 Å². The van der Waals surface area contributed by atoms with Gasteiger partial charge in [0.1, 0.15) is 0 Å². The van der Waals surface area contributed by atoms with Gasteiger partial charge in [-0.25, -0.2) is 17.2 Å². The minimum atomic E-state index is -4.32. The van der Waals surface area contributed by atoms with Crippen LogP contribution in [-0.4, -0.2) is 32.2 Å². The zero-order chi connectivity index (χ0) is 16.4. The maximum absolute atomic E-state index is 12.0. The van der Waals surface area contributed by atoms with Gasteiger partial charge in [-0.3, -0.25) is 14.9 Å². The van der Waals surface area contributed by atoms with Crippen molar-refractivity contribution in [3.8, 4) is 0 Å². The Hall–Kier alpha value is -1.81. The normalized spacial score (nSPS) is 11.5. The van der Waals surface area contributed by atoms with Gasteiger partial charge in [0, 0.05) is 22.3 Å². The lowest BCUT2D eigenvalue weighted by atomic mass is 10.1. The molecule has 0 fully saturated rings. The predicted molar refractivity (Wildman–Crippen MR) is 69.2 cm³/mol. The topological polar surface area (TPSA) is 106 Å². The van der Waals surface area contributed by atoms with E-state index in [0.29, 0.717) is 6.07 Å². The van der Waals surface area contributed by atoms with Crippen LogP contribution < -0.4 is 5.32 Å². The van der Waals surface area contributed by atoms with Gasteiger partial charge in [0.25, 0.3) is 27.1 Å². The van der Waals surface area contributed by atoms with Crippen molar-refractivity contribution in [3.05, 3.63) is 33.4 Å². The lowest BCUT2D eigenvalue weighted by molar-refractivity contribution is -0.385. The van der Waals surface area contributed by atoms with E-state index in [-0.39, 0.29) is 5.56 Å². The second-order valence-corrected chi connectivity index (χ2v) is 6.48. The number of hydrogen-bond acceptors (Lipinski definition) is 5. The van der Waals surface area contributed by atoms with Crippen molar-refractivity contribution in [3.63, 3.8) is 0 Å². The van der Waals surface area contributed by atoms with E-state index in [1.807, 2.05) is 5.32 Å². The van der Waals surface area contributed by atoms with E-state index in [0.717, 1.165) is 6.07 Å².